The molecular formula is C47H30N2O. The van der Waals surface area contributed by atoms with E-state index >= 15 is 0 Å². The van der Waals surface area contributed by atoms with Gasteiger partial charge in [-0.3, -0.25) is 0 Å². The third-order valence-corrected chi connectivity index (χ3v) is 9.99. The summed E-state index contributed by atoms with van der Waals surface area (Å²) in [4.78, 5) is 10.5. The normalized spacial score (nSPS) is 11.7. The van der Waals surface area contributed by atoms with E-state index in [0.29, 0.717) is 0 Å². The number of hydrogen-bond donors (Lipinski definition) is 0. The summed E-state index contributed by atoms with van der Waals surface area (Å²) in [6.07, 6.45) is 0. The topological polar surface area (TPSA) is 38.9 Å². The second-order valence-corrected chi connectivity index (χ2v) is 13.0. The first kappa shape index (κ1) is 28.4. The summed E-state index contributed by atoms with van der Waals surface area (Å²) < 4.78 is 6.32. The summed E-state index contributed by atoms with van der Waals surface area (Å²) in [7, 11) is 0. The number of benzene rings is 8. The van der Waals surface area contributed by atoms with Crippen LogP contribution in [0.4, 0.5) is 0 Å². The smallest absolute Gasteiger partial charge is 0.143 e. The second kappa shape index (κ2) is 11.3. The van der Waals surface area contributed by atoms with Gasteiger partial charge in [-0.25, -0.2) is 9.97 Å². The molecule has 0 unspecified atom stereocenters. The van der Waals surface area contributed by atoms with E-state index in [4.69, 9.17) is 14.4 Å². The molecule has 0 saturated carbocycles. The molecule has 0 atom stereocenters. The number of rotatable bonds is 4. The van der Waals surface area contributed by atoms with E-state index < -0.39 is 0 Å². The Balaban J connectivity index is 1.02. The van der Waals surface area contributed by atoms with Crippen molar-refractivity contribution < 1.29 is 4.42 Å². The third kappa shape index (κ3) is 4.52. The zero-order valence-corrected chi connectivity index (χ0v) is 27.4. The molecule has 50 heavy (non-hydrogen) atoms. The van der Waals surface area contributed by atoms with Gasteiger partial charge in [0.2, 0.25) is 0 Å². The van der Waals surface area contributed by atoms with Crippen molar-refractivity contribution in [3.05, 3.63) is 169 Å². The summed E-state index contributed by atoms with van der Waals surface area (Å²) in [5, 5.41) is 6.95. The molecule has 0 N–H and O–H groups in total. The van der Waals surface area contributed by atoms with Crippen molar-refractivity contribution >= 4 is 54.5 Å². The Labute approximate surface area is 289 Å². The molecule has 0 aliphatic heterocycles. The van der Waals surface area contributed by atoms with Crippen LogP contribution in [0.15, 0.2) is 168 Å². The van der Waals surface area contributed by atoms with E-state index in [1.165, 1.54) is 21.9 Å². The largest absolute Gasteiger partial charge is 0.455 e. The Kier molecular flexibility index (Phi) is 6.40. The first-order valence-corrected chi connectivity index (χ1v) is 17.0. The van der Waals surface area contributed by atoms with Crippen molar-refractivity contribution in [1.29, 1.82) is 0 Å². The lowest BCUT2D eigenvalue weighted by Gasteiger charge is -2.13. The molecule has 0 spiro atoms. The van der Waals surface area contributed by atoms with Gasteiger partial charge in [0.25, 0.3) is 0 Å². The minimum absolute atomic E-state index is 0.908. The first-order chi connectivity index (χ1) is 24.7. The van der Waals surface area contributed by atoms with Gasteiger partial charge in [-0.1, -0.05) is 146 Å². The fraction of sp³-hybridized carbons (Fsp3) is 0.0213. The molecule has 10 aromatic rings. The highest BCUT2D eigenvalue weighted by Gasteiger charge is 2.16. The summed E-state index contributed by atoms with van der Waals surface area (Å²) in [6, 6.07) is 57.9. The van der Waals surface area contributed by atoms with Gasteiger partial charge in [-0.15, -0.1) is 0 Å². The molecule has 0 fully saturated rings. The SMILES string of the molecule is Cc1nc2c3ccccc3c3ccccc3c2nc1-c1cccc(-c2cccc(-c3ccc(-c4cccc5c4oc4ccccc45)cc3)c2)c1. The molecule has 10 rings (SSSR count). The van der Waals surface area contributed by atoms with Crippen molar-refractivity contribution in [1.82, 2.24) is 9.97 Å². The van der Waals surface area contributed by atoms with Gasteiger partial charge < -0.3 is 4.42 Å². The summed E-state index contributed by atoms with van der Waals surface area (Å²) >= 11 is 0. The van der Waals surface area contributed by atoms with Gasteiger partial charge in [-0.05, 0) is 63.7 Å². The van der Waals surface area contributed by atoms with Crippen LogP contribution in [-0.4, -0.2) is 9.97 Å². The molecule has 2 heterocycles. The quantitative estimate of drug-likeness (QED) is 0.180. The lowest BCUT2D eigenvalue weighted by Crippen LogP contribution is -1.97. The van der Waals surface area contributed by atoms with Crippen molar-refractivity contribution in [2.45, 2.75) is 6.92 Å². The van der Waals surface area contributed by atoms with Crippen LogP contribution in [0.25, 0.3) is 99.2 Å². The number of furan rings is 1. The molecule has 8 aromatic carbocycles. The van der Waals surface area contributed by atoms with Gasteiger partial charge in [0.15, 0.2) is 0 Å². The Morgan fingerprint density at radius 3 is 1.58 bits per heavy atom. The van der Waals surface area contributed by atoms with Gasteiger partial charge in [0.05, 0.1) is 22.4 Å². The Bertz CT molecular complexity index is 2940. The van der Waals surface area contributed by atoms with Crippen LogP contribution >= 0.6 is 0 Å². The summed E-state index contributed by atoms with van der Waals surface area (Å²) in [5.74, 6) is 0. The van der Waals surface area contributed by atoms with E-state index in [1.807, 2.05) is 12.1 Å². The number of para-hydroxylation sites is 2. The van der Waals surface area contributed by atoms with E-state index in [1.54, 1.807) is 0 Å². The van der Waals surface area contributed by atoms with Crippen LogP contribution in [0.1, 0.15) is 5.69 Å². The number of aromatic nitrogens is 2. The molecule has 3 nitrogen and oxygen atoms in total. The van der Waals surface area contributed by atoms with Gasteiger partial charge in [0, 0.05) is 32.7 Å². The molecule has 3 heteroatoms. The predicted molar refractivity (Wildman–Crippen MR) is 208 cm³/mol. The standard InChI is InChI=1S/C47H30N2O/c1-29-44(49-46-41-19-5-3-16-38(41)37-15-2-4-18-40(37)45(46)48-29)35-14-9-13-34(28-35)33-12-8-11-32(27-33)30-23-25-31(26-24-30)36-20-10-21-42-39-17-6-7-22-43(39)50-47(36)42/h2-28H,1H3. The zero-order chi connectivity index (χ0) is 33.2. The molecule has 0 amide bonds. The second-order valence-electron chi connectivity index (χ2n) is 13.0. The van der Waals surface area contributed by atoms with E-state index in [0.717, 1.165) is 82.9 Å². The summed E-state index contributed by atoms with van der Waals surface area (Å²) in [5.41, 5.74) is 13.5. The van der Waals surface area contributed by atoms with Crippen molar-refractivity contribution in [2.75, 3.05) is 0 Å². The lowest BCUT2D eigenvalue weighted by atomic mass is 9.95. The maximum absolute atomic E-state index is 6.32. The fourth-order valence-electron chi connectivity index (χ4n) is 7.56. The molecule has 0 radical (unpaired) electrons. The van der Waals surface area contributed by atoms with Crippen LogP contribution in [0, 0.1) is 6.92 Å². The van der Waals surface area contributed by atoms with Crippen LogP contribution in [0.3, 0.4) is 0 Å². The van der Waals surface area contributed by atoms with Gasteiger partial charge in [0.1, 0.15) is 11.2 Å². The Morgan fingerprint density at radius 1 is 0.380 bits per heavy atom. The van der Waals surface area contributed by atoms with Crippen molar-refractivity contribution in [3.8, 4) is 44.6 Å². The maximum atomic E-state index is 6.32. The minimum atomic E-state index is 0.908. The number of fused-ring (bicyclic) bond motifs is 9. The maximum Gasteiger partial charge on any atom is 0.143 e. The van der Waals surface area contributed by atoms with Crippen LogP contribution in [0.2, 0.25) is 0 Å². The fourth-order valence-corrected chi connectivity index (χ4v) is 7.56. The summed E-state index contributed by atoms with van der Waals surface area (Å²) in [6.45, 7) is 2.07. The third-order valence-electron chi connectivity index (χ3n) is 9.99. The van der Waals surface area contributed by atoms with Crippen molar-refractivity contribution in [2.24, 2.45) is 0 Å². The van der Waals surface area contributed by atoms with Crippen LogP contribution in [0.5, 0.6) is 0 Å². The monoisotopic (exact) mass is 638 g/mol. The highest BCUT2D eigenvalue weighted by atomic mass is 16.3. The number of aryl methyl sites for hydroxylation is 1. The highest BCUT2D eigenvalue weighted by Crippen LogP contribution is 2.38. The Morgan fingerprint density at radius 2 is 0.880 bits per heavy atom. The first-order valence-electron chi connectivity index (χ1n) is 17.0. The molecule has 234 valence electrons. The highest BCUT2D eigenvalue weighted by molar-refractivity contribution is 6.23. The van der Waals surface area contributed by atoms with E-state index in [2.05, 4.69) is 159 Å². The van der Waals surface area contributed by atoms with E-state index in [-0.39, 0.29) is 0 Å². The Hall–Kier alpha value is -6.58. The molecular weight excluding hydrogens is 609 g/mol. The number of nitrogens with zero attached hydrogens (tertiary/aromatic N) is 2. The minimum Gasteiger partial charge on any atom is -0.455 e. The van der Waals surface area contributed by atoms with Crippen LogP contribution < -0.4 is 0 Å². The zero-order valence-electron chi connectivity index (χ0n) is 27.4. The average Bonchev–Trinajstić information content (AvgIpc) is 3.57. The van der Waals surface area contributed by atoms with Crippen molar-refractivity contribution in [3.63, 3.8) is 0 Å². The molecule has 0 saturated heterocycles. The molecule has 0 aliphatic carbocycles. The predicted octanol–water partition coefficient (Wildman–Crippen LogP) is 12.8. The molecule has 2 aromatic heterocycles. The lowest BCUT2D eigenvalue weighted by molar-refractivity contribution is 0.670. The number of hydrogen-bond acceptors (Lipinski definition) is 3. The van der Waals surface area contributed by atoms with Gasteiger partial charge >= 0.3 is 0 Å². The molecule has 0 bridgehead atoms. The van der Waals surface area contributed by atoms with E-state index in [9.17, 15) is 0 Å². The molecule has 0 aliphatic rings. The van der Waals surface area contributed by atoms with Crippen LogP contribution in [-0.2, 0) is 0 Å². The average molecular weight is 639 g/mol. The van der Waals surface area contributed by atoms with Gasteiger partial charge in [-0.2, -0.15) is 0 Å².